The quantitative estimate of drug-likeness (QED) is 0.221. The first kappa shape index (κ1) is 64.0. The molecule has 6 aliphatic rings. The smallest absolute Gasteiger partial charge is 0.179 e. The first-order chi connectivity index (χ1) is 30.4. The van der Waals surface area contributed by atoms with Gasteiger partial charge in [-0.25, -0.2) is 0 Å². The van der Waals surface area contributed by atoms with Crippen molar-refractivity contribution in [2.75, 3.05) is 107 Å². The molecule has 0 amide bonds. The van der Waals surface area contributed by atoms with Crippen LogP contribution in [0.5, 0.6) is 0 Å². The number of nitriles is 1. The SMILES string of the molecule is CC(C)(C)C1CCCN1C#N.CC1CCC(C(C)(C)C)CN1C.CC1COC(C(C)(C)C)CN1C.CN1CCC(C(C)(C)C)C1.CN1CCCC(C(C)(C)C)C1.CN1CCOC(C(C)(C)C)C1. The largest absolute Gasteiger partial charge is 0.375 e. The number of likely N-dealkylation sites (N-methyl/N-ethyl adjacent to an activating group) is 2. The number of likely N-dealkylation sites (tertiary alicyclic amines) is 4. The summed E-state index contributed by atoms with van der Waals surface area (Å²) >= 11 is 0. The van der Waals surface area contributed by atoms with Crippen LogP contribution in [0, 0.1) is 61.7 Å². The Hall–Kier alpha value is -0.990. The molecule has 9 nitrogen and oxygen atoms in total. The van der Waals surface area contributed by atoms with Crippen molar-refractivity contribution in [3.63, 3.8) is 0 Å². The van der Waals surface area contributed by atoms with Crippen molar-refractivity contribution in [1.29, 1.82) is 5.26 Å². The monoisotopic (exact) mass is 946 g/mol. The highest BCUT2D eigenvalue weighted by atomic mass is 16.5. The summed E-state index contributed by atoms with van der Waals surface area (Å²) in [6, 6.07) is 1.83. The molecule has 0 bridgehead atoms. The Morgan fingerprint density at radius 2 is 0.866 bits per heavy atom. The molecule has 9 heteroatoms. The van der Waals surface area contributed by atoms with Gasteiger partial charge in [0.15, 0.2) is 6.19 Å². The molecule has 398 valence electrons. The van der Waals surface area contributed by atoms with E-state index in [0.29, 0.717) is 40.5 Å². The van der Waals surface area contributed by atoms with Crippen molar-refractivity contribution in [1.82, 2.24) is 29.4 Å². The van der Waals surface area contributed by atoms with Crippen molar-refractivity contribution < 1.29 is 9.47 Å². The Bertz CT molecular complexity index is 1300. The molecule has 6 rings (SSSR count). The highest BCUT2D eigenvalue weighted by molar-refractivity contribution is 4.94. The lowest BCUT2D eigenvalue weighted by Crippen LogP contribution is -2.50. The summed E-state index contributed by atoms with van der Waals surface area (Å²) in [5.74, 6) is 2.71. The summed E-state index contributed by atoms with van der Waals surface area (Å²) in [6.07, 6.45) is 12.4. The van der Waals surface area contributed by atoms with Gasteiger partial charge in [0.05, 0.1) is 25.4 Å². The maximum atomic E-state index is 8.78. The number of piperidine rings is 2. The average molecular weight is 947 g/mol. The Balaban J connectivity index is 0.000000402. The number of rotatable bonds is 0. The van der Waals surface area contributed by atoms with Crippen LogP contribution in [-0.2, 0) is 9.47 Å². The van der Waals surface area contributed by atoms with Gasteiger partial charge >= 0.3 is 0 Å². The van der Waals surface area contributed by atoms with Crippen LogP contribution in [0.3, 0.4) is 0 Å². The lowest BCUT2D eigenvalue weighted by molar-refractivity contribution is -0.0946. The number of morpholine rings is 2. The Kier molecular flexibility index (Phi) is 26.5. The number of hydrogen-bond acceptors (Lipinski definition) is 9. The molecule has 0 aromatic carbocycles. The second-order valence-electron chi connectivity index (χ2n) is 28.8. The molecule has 6 aliphatic heterocycles. The van der Waals surface area contributed by atoms with Gasteiger partial charge in [-0.3, -0.25) is 4.90 Å². The molecule has 0 radical (unpaired) electrons. The van der Waals surface area contributed by atoms with Crippen LogP contribution in [0.25, 0.3) is 0 Å². The molecule has 6 fully saturated rings. The molecule has 0 aliphatic carbocycles. The van der Waals surface area contributed by atoms with E-state index in [1.165, 1.54) is 77.7 Å². The van der Waals surface area contributed by atoms with Crippen LogP contribution in [0.4, 0.5) is 0 Å². The summed E-state index contributed by atoms with van der Waals surface area (Å²) in [5.41, 5.74) is 2.34. The zero-order chi connectivity index (χ0) is 51.9. The van der Waals surface area contributed by atoms with Crippen LogP contribution in [0.1, 0.15) is 183 Å². The minimum Gasteiger partial charge on any atom is -0.375 e. The first-order valence-corrected chi connectivity index (χ1v) is 27.2. The predicted molar refractivity (Wildman–Crippen MR) is 292 cm³/mol. The molecule has 0 spiro atoms. The number of hydrogen-bond donors (Lipinski definition) is 0. The molecular weight excluding hydrogens is 827 g/mol. The third-order valence-corrected chi connectivity index (χ3v) is 16.2. The van der Waals surface area contributed by atoms with E-state index in [1.807, 2.05) is 4.90 Å². The molecule has 0 N–H and O–H groups in total. The van der Waals surface area contributed by atoms with E-state index in [0.717, 1.165) is 63.2 Å². The highest BCUT2D eigenvalue weighted by Gasteiger charge is 2.35. The van der Waals surface area contributed by atoms with Crippen LogP contribution >= 0.6 is 0 Å². The Morgan fingerprint density at radius 3 is 1.22 bits per heavy atom. The Labute approximate surface area is 420 Å². The zero-order valence-electron chi connectivity index (χ0n) is 49.8. The molecule has 6 heterocycles. The van der Waals surface area contributed by atoms with E-state index in [9.17, 15) is 0 Å². The van der Waals surface area contributed by atoms with Crippen LogP contribution in [0.15, 0.2) is 0 Å². The van der Waals surface area contributed by atoms with Crippen molar-refractivity contribution in [2.24, 2.45) is 50.2 Å². The van der Waals surface area contributed by atoms with Gasteiger partial charge < -0.3 is 34.0 Å². The molecule has 0 saturated carbocycles. The van der Waals surface area contributed by atoms with Crippen molar-refractivity contribution in [3.8, 4) is 6.19 Å². The van der Waals surface area contributed by atoms with Gasteiger partial charge in [-0.1, -0.05) is 125 Å². The third kappa shape index (κ3) is 24.8. The van der Waals surface area contributed by atoms with E-state index < -0.39 is 0 Å². The maximum Gasteiger partial charge on any atom is 0.179 e. The molecule has 0 aromatic rings. The first-order valence-electron chi connectivity index (χ1n) is 27.2. The Morgan fingerprint density at radius 1 is 0.418 bits per heavy atom. The van der Waals surface area contributed by atoms with Gasteiger partial charge in [0.25, 0.3) is 0 Å². The van der Waals surface area contributed by atoms with Crippen LogP contribution in [-0.4, -0.2) is 167 Å². The average Bonchev–Trinajstić information content (AvgIpc) is 3.87. The molecular formula is C58H119N7O2. The second-order valence-corrected chi connectivity index (χ2v) is 28.8. The molecule has 6 saturated heterocycles. The second kappa shape index (κ2) is 27.7. The van der Waals surface area contributed by atoms with Gasteiger partial charge in [-0.2, -0.15) is 5.26 Å². The minimum atomic E-state index is 0.256. The van der Waals surface area contributed by atoms with Crippen molar-refractivity contribution >= 4 is 0 Å². The third-order valence-electron chi connectivity index (χ3n) is 16.2. The normalized spacial score (nSPS) is 30.1. The van der Waals surface area contributed by atoms with E-state index in [2.05, 4.69) is 204 Å². The van der Waals surface area contributed by atoms with Gasteiger partial charge in [0.1, 0.15) is 0 Å². The summed E-state index contributed by atoms with van der Waals surface area (Å²) < 4.78 is 11.5. The summed E-state index contributed by atoms with van der Waals surface area (Å²) in [4.78, 5) is 14.0. The fourth-order valence-corrected chi connectivity index (χ4v) is 9.99. The fourth-order valence-electron chi connectivity index (χ4n) is 9.99. The predicted octanol–water partition coefficient (Wildman–Crippen LogP) is 12.2. The lowest BCUT2D eigenvalue weighted by Gasteiger charge is -2.41. The van der Waals surface area contributed by atoms with Gasteiger partial charge in [0, 0.05) is 63.9 Å². The molecule has 8 atom stereocenters. The van der Waals surface area contributed by atoms with Gasteiger partial charge in [0.2, 0.25) is 0 Å². The standard InChI is InChI=1S/C11H23N.C10H21NO.C10H21N.C9H16N2.C9H19NO.C9H19N/c1-9-6-7-10(8-12(9)5)11(2,3)4;1-8-7-12-9(6-11(8)5)10(2,3)4;1-10(2,3)9-6-5-7-11(4)8-9;1-9(2,3)8-5-4-6-11(8)7-10;1-9(2,3)8-7-10(4)5-6-11-8;1-9(2,3)8-5-6-10(4)7-8/h9-10H,6-8H2,1-5H3;8-9H,6-7H2,1-5H3;9H,5-8H2,1-4H3;8H,4-6H2,1-3H3;8H,5-7H2,1-4H3;8H,5-7H2,1-4H3. The zero-order valence-corrected chi connectivity index (χ0v) is 49.8. The minimum absolute atomic E-state index is 0.256. The summed E-state index contributed by atoms with van der Waals surface area (Å²) in [6.45, 7) is 58.1. The lowest BCUT2D eigenvalue weighted by atomic mass is 9.75. The van der Waals surface area contributed by atoms with Crippen molar-refractivity contribution in [3.05, 3.63) is 0 Å². The van der Waals surface area contributed by atoms with Gasteiger partial charge in [-0.05, 0) is 157 Å². The van der Waals surface area contributed by atoms with E-state index in [1.54, 1.807) is 0 Å². The maximum absolute atomic E-state index is 8.78. The van der Waals surface area contributed by atoms with E-state index in [4.69, 9.17) is 14.7 Å². The fraction of sp³-hybridized carbons (Fsp3) is 0.983. The summed E-state index contributed by atoms with van der Waals surface area (Å²) in [7, 11) is 11.0. The van der Waals surface area contributed by atoms with Crippen LogP contribution < -0.4 is 0 Å². The van der Waals surface area contributed by atoms with Crippen LogP contribution in [0.2, 0.25) is 0 Å². The van der Waals surface area contributed by atoms with Gasteiger partial charge in [-0.15, -0.1) is 0 Å². The number of nitrogens with zero attached hydrogens (tertiary/aromatic N) is 7. The van der Waals surface area contributed by atoms with Crippen molar-refractivity contribution in [2.45, 2.75) is 214 Å². The molecule has 8 unspecified atom stereocenters. The summed E-state index contributed by atoms with van der Waals surface area (Å²) in [5, 5.41) is 8.78. The number of ether oxygens (including phenoxy) is 2. The molecule has 0 aromatic heterocycles. The van der Waals surface area contributed by atoms with E-state index >= 15 is 0 Å². The topological polar surface area (TPSA) is 61.7 Å². The molecule has 67 heavy (non-hydrogen) atoms. The highest BCUT2D eigenvalue weighted by Crippen LogP contribution is 2.36. The van der Waals surface area contributed by atoms with E-state index in [-0.39, 0.29) is 16.2 Å².